The zero-order valence-electron chi connectivity index (χ0n) is 6.44. The summed E-state index contributed by atoms with van der Waals surface area (Å²) in [6, 6.07) is 0. The number of nitrogens with zero attached hydrogens (tertiary/aromatic N) is 3. The molecule has 1 aromatic heterocycles. The van der Waals surface area contributed by atoms with Gasteiger partial charge in [-0.25, -0.2) is 4.79 Å². The molecule has 1 aromatic rings. The molecule has 0 saturated carbocycles. The van der Waals surface area contributed by atoms with E-state index in [0.29, 0.717) is 0 Å². The average molecular weight is 155 g/mol. The molecule has 0 aromatic carbocycles. The third-order valence-corrected chi connectivity index (χ3v) is 1.11. The standard InChI is InChI=1S/C6H9N3O2/c1-3-6-4-9(8-7-6)11-5(2)10/h4H,3H2,1-2H3. The van der Waals surface area contributed by atoms with Gasteiger partial charge in [-0.1, -0.05) is 11.8 Å². The van der Waals surface area contributed by atoms with E-state index in [0.717, 1.165) is 17.0 Å². The molecule has 0 atom stereocenters. The van der Waals surface area contributed by atoms with Crippen LogP contribution in [0.3, 0.4) is 0 Å². The average Bonchev–Trinajstić information content (AvgIpc) is 2.34. The largest absolute Gasteiger partial charge is 0.331 e. The third-order valence-electron chi connectivity index (χ3n) is 1.11. The smallest absolute Gasteiger partial charge is 0.318 e. The van der Waals surface area contributed by atoms with Crippen LogP contribution in [0, 0.1) is 0 Å². The molecule has 0 aliphatic heterocycles. The normalized spacial score (nSPS) is 9.64. The molecule has 0 bridgehead atoms. The fraction of sp³-hybridized carbons (Fsp3) is 0.500. The number of hydrogen-bond acceptors (Lipinski definition) is 4. The minimum Gasteiger partial charge on any atom is -0.318 e. The fourth-order valence-electron chi connectivity index (χ4n) is 0.619. The lowest BCUT2D eigenvalue weighted by atomic mass is 10.4. The molecule has 0 unspecified atom stereocenters. The molecule has 0 fully saturated rings. The Bertz CT molecular complexity index is 256. The molecule has 0 spiro atoms. The van der Waals surface area contributed by atoms with Crippen molar-refractivity contribution >= 4 is 5.97 Å². The van der Waals surface area contributed by atoms with Gasteiger partial charge in [0.15, 0.2) is 0 Å². The summed E-state index contributed by atoms with van der Waals surface area (Å²) in [4.78, 5) is 16.1. The van der Waals surface area contributed by atoms with Crippen LogP contribution in [0.4, 0.5) is 0 Å². The molecule has 0 saturated heterocycles. The van der Waals surface area contributed by atoms with Crippen LogP contribution in [0.25, 0.3) is 0 Å². The van der Waals surface area contributed by atoms with Crippen LogP contribution in [-0.4, -0.2) is 21.1 Å². The Kier molecular flexibility index (Phi) is 2.20. The van der Waals surface area contributed by atoms with Crippen LogP contribution in [0.2, 0.25) is 0 Å². The lowest BCUT2D eigenvalue weighted by Gasteiger charge is -1.94. The van der Waals surface area contributed by atoms with Crippen molar-refractivity contribution in [3.8, 4) is 0 Å². The van der Waals surface area contributed by atoms with Crippen LogP contribution < -0.4 is 4.84 Å². The van der Waals surface area contributed by atoms with Crippen molar-refractivity contribution in [1.29, 1.82) is 0 Å². The molecule has 1 rings (SSSR count). The van der Waals surface area contributed by atoms with Gasteiger partial charge in [-0.15, -0.1) is 5.10 Å². The number of carbonyl (C=O) groups excluding carboxylic acids is 1. The van der Waals surface area contributed by atoms with E-state index >= 15 is 0 Å². The van der Waals surface area contributed by atoms with Crippen molar-refractivity contribution in [2.75, 3.05) is 0 Å². The van der Waals surface area contributed by atoms with Gasteiger partial charge in [0.1, 0.15) is 0 Å². The highest BCUT2D eigenvalue weighted by atomic mass is 16.7. The number of rotatable bonds is 2. The summed E-state index contributed by atoms with van der Waals surface area (Å²) in [7, 11) is 0. The van der Waals surface area contributed by atoms with Gasteiger partial charge in [0.2, 0.25) is 0 Å². The zero-order chi connectivity index (χ0) is 8.27. The number of carbonyl (C=O) groups is 1. The maximum Gasteiger partial charge on any atom is 0.331 e. The Morgan fingerprint density at radius 3 is 3.00 bits per heavy atom. The molecule has 5 nitrogen and oxygen atoms in total. The predicted molar refractivity (Wildman–Crippen MR) is 36.7 cm³/mol. The van der Waals surface area contributed by atoms with Crippen LogP contribution in [0.5, 0.6) is 0 Å². The van der Waals surface area contributed by atoms with Crippen LogP contribution in [0.1, 0.15) is 19.5 Å². The van der Waals surface area contributed by atoms with Gasteiger partial charge in [-0.05, 0) is 11.6 Å². The van der Waals surface area contributed by atoms with Crippen LogP contribution in [-0.2, 0) is 11.2 Å². The number of hydrogen-bond donors (Lipinski definition) is 0. The van der Waals surface area contributed by atoms with Crippen molar-refractivity contribution in [3.63, 3.8) is 0 Å². The van der Waals surface area contributed by atoms with E-state index in [1.807, 2.05) is 6.92 Å². The monoisotopic (exact) mass is 155 g/mol. The van der Waals surface area contributed by atoms with Gasteiger partial charge in [0.25, 0.3) is 0 Å². The maximum atomic E-state index is 10.4. The topological polar surface area (TPSA) is 57.0 Å². The third kappa shape index (κ3) is 2.03. The van der Waals surface area contributed by atoms with Crippen molar-refractivity contribution in [2.45, 2.75) is 20.3 Å². The second-order valence-corrected chi connectivity index (χ2v) is 2.05. The lowest BCUT2D eigenvalue weighted by Crippen LogP contribution is -2.16. The van der Waals surface area contributed by atoms with Gasteiger partial charge in [-0.2, -0.15) is 0 Å². The molecule has 11 heavy (non-hydrogen) atoms. The highest BCUT2D eigenvalue weighted by molar-refractivity contribution is 5.66. The maximum absolute atomic E-state index is 10.4. The molecular formula is C6H9N3O2. The summed E-state index contributed by atoms with van der Waals surface area (Å²) in [6.45, 7) is 3.26. The highest BCUT2D eigenvalue weighted by Crippen LogP contribution is 1.90. The second kappa shape index (κ2) is 3.14. The van der Waals surface area contributed by atoms with Crippen molar-refractivity contribution in [3.05, 3.63) is 11.9 Å². The SMILES string of the molecule is CCc1cn(OC(C)=O)nn1. The first-order chi connectivity index (χ1) is 5.22. The van der Waals surface area contributed by atoms with Gasteiger partial charge < -0.3 is 4.84 Å². The lowest BCUT2D eigenvalue weighted by molar-refractivity contribution is -0.143. The Hall–Kier alpha value is -1.39. The molecule has 5 heteroatoms. The fourth-order valence-corrected chi connectivity index (χ4v) is 0.619. The van der Waals surface area contributed by atoms with E-state index in [1.165, 1.54) is 6.92 Å². The van der Waals surface area contributed by atoms with Crippen molar-refractivity contribution in [2.24, 2.45) is 0 Å². The summed E-state index contributed by atoms with van der Waals surface area (Å²) < 4.78 is 0. The first-order valence-electron chi connectivity index (χ1n) is 3.32. The summed E-state index contributed by atoms with van der Waals surface area (Å²) in [5.41, 5.74) is 0.797. The molecule has 60 valence electrons. The second-order valence-electron chi connectivity index (χ2n) is 2.05. The van der Waals surface area contributed by atoms with Crippen molar-refractivity contribution in [1.82, 2.24) is 15.2 Å². The molecule has 0 aliphatic carbocycles. The Labute approximate surface area is 63.9 Å². The number of aryl methyl sites for hydroxylation is 1. The Morgan fingerprint density at radius 2 is 2.55 bits per heavy atom. The van der Waals surface area contributed by atoms with Gasteiger partial charge in [0, 0.05) is 6.92 Å². The summed E-state index contributed by atoms with van der Waals surface area (Å²) in [5.74, 6) is -0.405. The summed E-state index contributed by atoms with van der Waals surface area (Å²) >= 11 is 0. The first-order valence-corrected chi connectivity index (χ1v) is 3.32. The zero-order valence-corrected chi connectivity index (χ0v) is 6.44. The summed E-state index contributed by atoms with van der Waals surface area (Å²) in [5, 5.41) is 7.27. The van der Waals surface area contributed by atoms with E-state index in [4.69, 9.17) is 0 Å². The molecule has 0 N–H and O–H groups in total. The van der Waals surface area contributed by atoms with Crippen LogP contribution in [0.15, 0.2) is 6.20 Å². The number of aromatic nitrogens is 3. The molecule has 1 heterocycles. The first kappa shape index (κ1) is 7.71. The summed E-state index contributed by atoms with van der Waals surface area (Å²) in [6.07, 6.45) is 2.35. The molecule has 0 radical (unpaired) electrons. The Balaban J connectivity index is 2.65. The van der Waals surface area contributed by atoms with E-state index in [9.17, 15) is 4.79 Å². The van der Waals surface area contributed by atoms with Crippen LogP contribution >= 0.6 is 0 Å². The molecule has 0 aliphatic rings. The highest BCUT2D eigenvalue weighted by Gasteiger charge is 1.99. The quantitative estimate of drug-likeness (QED) is 0.556. The van der Waals surface area contributed by atoms with Gasteiger partial charge in [0.05, 0.1) is 11.9 Å². The molecule has 0 amide bonds. The van der Waals surface area contributed by atoms with E-state index in [1.54, 1.807) is 6.20 Å². The van der Waals surface area contributed by atoms with Gasteiger partial charge in [-0.3, -0.25) is 0 Å². The van der Waals surface area contributed by atoms with Crippen molar-refractivity contribution < 1.29 is 9.63 Å². The van der Waals surface area contributed by atoms with E-state index < -0.39 is 5.97 Å². The van der Waals surface area contributed by atoms with E-state index in [2.05, 4.69) is 15.1 Å². The van der Waals surface area contributed by atoms with Gasteiger partial charge >= 0.3 is 5.97 Å². The predicted octanol–water partition coefficient (Wildman–Crippen LogP) is -0.184. The molecular weight excluding hydrogens is 146 g/mol. The minimum atomic E-state index is -0.405. The minimum absolute atomic E-state index is 0.405. The Morgan fingerprint density at radius 1 is 1.82 bits per heavy atom. The van der Waals surface area contributed by atoms with E-state index in [-0.39, 0.29) is 0 Å².